The molecule has 2 aliphatic rings. The first-order valence-corrected chi connectivity index (χ1v) is 10.5. The van der Waals surface area contributed by atoms with E-state index in [1.807, 2.05) is 13.0 Å². The number of benzene rings is 1. The third kappa shape index (κ3) is 4.11. The second-order valence-corrected chi connectivity index (χ2v) is 8.08. The number of aromatic nitrogens is 1. The lowest BCUT2D eigenvalue weighted by atomic mass is 10.0. The Labute approximate surface area is 185 Å². The maximum absolute atomic E-state index is 14.6. The highest BCUT2D eigenvalue weighted by Crippen LogP contribution is 2.29. The molecule has 10 heteroatoms. The van der Waals surface area contributed by atoms with Gasteiger partial charge in [-0.2, -0.15) is 0 Å². The van der Waals surface area contributed by atoms with Crippen LogP contribution in [0.4, 0.5) is 15.8 Å². The number of aliphatic hydroxyl groups is 1. The number of pyridine rings is 1. The summed E-state index contributed by atoms with van der Waals surface area (Å²) in [6, 6.07) is 6.77. The maximum Gasteiger partial charge on any atom is 0.269 e. The molecule has 3 heterocycles. The quantitative estimate of drug-likeness (QED) is 0.649. The lowest BCUT2D eigenvalue weighted by Gasteiger charge is -2.37. The predicted octanol–water partition coefficient (Wildman–Crippen LogP) is 0.984. The molecule has 9 nitrogen and oxygen atoms in total. The summed E-state index contributed by atoms with van der Waals surface area (Å²) in [5.41, 5.74) is 3.19. The molecule has 2 aromatic rings. The molecule has 1 fully saturated rings. The van der Waals surface area contributed by atoms with Crippen molar-refractivity contribution in [3.63, 3.8) is 0 Å². The van der Waals surface area contributed by atoms with Crippen molar-refractivity contribution in [3.8, 4) is 0 Å². The number of piperazine rings is 1. The van der Waals surface area contributed by atoms with Crippen molar-refractivity contribution in [1.29, 1.82) is 0 Å². The molecule has 3 N–H and O–H groups in total. The largest absolute Gasteiger partial charge is 0.368 e. The number of aliphatic hydroxyl groups excluding tert-OH is 1. The Morgan fingerprint density at radius 2 is 2.00 bits per heavy atom. The Bertz CT molecular complexity index is 1050. The zero-order chi connectivity index (χ0) is 23.0. The third-order valence-corrected chi connectivity index (χ3v) is 5.97. The highest BCUT2D eigenvalue weighted by Gasteiger charge is 2.31. The van der Waals surface area contributed by atoms with Gasteiger partial charge in [-0.15, -0.1) is 0 Å². The van der Waals surface area contributed by atoms with Crippen molar-refractivity contribution in [1.82, 2.24) is 20.1 Å². The van der Waals surface area contributed by atoms with Gasteiger partial charge in [-0.3, -0.25) is 19.4 Å². The average Bonchev–Trinajstić information content (AvgIpc) is 2.77. The van der Waals surface area contributed by atoms with Gasteiger partial charge in [-0.05, 0) is 36.8 Å². The van der Waals surface area contributed by atoms with Gasteiger partial charge < -0.3 is 20.6 Å². The normalized spacial score (nSPS) is 18.9. The predicted molar refractivity (Wildman–Crippen MR) is 118 cm³/mol. The Balaban J connectivity index is 1.42. The van der Waals surface area contributed by atoms with Crippen molar-refractivity contribution in [2.45, 2.75) is 19.8 Å². The van der Waals surface area contributed by atoms with E-state index < -0.39 is 18.1 Å². The van der Waals surface area contributed by atoms with Gasteiger partial charge in [-0.25, -0.2) is 9.37 Å². The van der Waals surface area contributed by atoms with Crippen molar-refractivity contribution in [2.24, 2.45) is 0 Å². The summed E-state index contributed by atoms with van der Waals surface area (Å²) in [7, 11) is 2.99. The SMILES string of the molecule is CNC(=O)c1ccc(N2CCN(Cc3cc(F)c4c(c3)NC(O)N(C)C4=O)CC2)c(C)n1. The molecule has 170 valence electrons. The lowest BCUT2D eigenvalue weighted by Crippen LogP contribution is -2.47. The number of fused-ring (bicyclic) bond motifs is 1. The second kappa shape index (κ2) is 8.71. The van der Waals surface area contributed by atoms with E-state index in [1.165, 1.54) is 13.1 Å². The van der Waals surface area contributed by atoms with Crippen molar-refractivity contribution >= 4 is 23.2 Å². The number of anilines is 2. The Kier molecular flexibility index (Phi) is 5.98. The van der Waals surface area contributed by atoms with Crippen LogP contribution in [0.3, 0.4) is 0 Å². The fraction of sp³-hybridized carbons (Fsp3) is 0.409. The molecule has 0 radical (unpaired) electrons. The Morgan fingerprint density at radius 3 is 2.66 bits per heavy atom. The molecule has 1 saturated heterocycles. The number of nitrogens with zero attached hydrogens (tertiary/aromatic N) is 4. The monoisotopic (exact) mass is 442 g/mol. The van der Waals surface area contributed by atoms with E-state index in [0.29, 0.717) is 17.9 Å². The fourth-order valence-corrected chi connectivity index (χ4v) is 4.16. The van der Waals surface area contributed by atoms with E-state index in [2.05, 4.69) is 25.4 Å². The van der Waals surface area contributed by atoms with Crippen LogP contribution in [0.5, 0.6) is 0 Å². The average molecular weight is 442 g/mol. The molecule has 1 atom stereocenters. The number of rotatable bonds is 4. The van der Waals surface area contributed by atoms with Crippen molar-refractivity contribution < 1.29 is 19.1 Å². The van der Waals surface area contributed by atoms with Crippen molar-refractivity contribution in [3.05, 3.63) is 52.6 Å². The van der Waals surface area contributed by atoms with Gasteiger partial charge in [0.15, 0.2) is 0 Å². The Morgan fingerprint density at radius 1 is 1.28 bits per heavy atom. The first-order valence-electron chi connectivity index (χ1n) is 10.5. The van der Waals surface area contributed by atoms with E-state index in [9.17, 15) is 19.1 Å². The van der Waals surface area contributed by atoms with Crippen LogP contribution in [-0.4, -0.2) is 78.3 Å². The topological polar surface area (TPSA) is 101 Å². The van der Waals surface area contributed by atoms with E-state index >= 15 is 0 Å². The number of hydrogen-bond acceptors (Lipinski definition) is 7. The highest BCUT2D eigenvalue weighted by atomic mass is 19.1. The summed E-state index contributed by atoms with van der Waals surface area (Å²) in [5.74, 6) is -1.35. The molecule has 1 unspecified atom stereocenters. The van der Waals surface area contributed by atoms with Gasteiger partial charge in [0.05, 0.1) is 22.6 Å². The molecule has 0 spiro atoms. The van der Waals surface area contributed by atoms with Gasteiger partial charge in [-0.1, -0.05) is 0 Å². The molecule has 32 heavy (non-hydrogen) atoms. The summed E-state index contributed by atoms with van der Waals surface area (Å²) >= 11 is 0. The minimum Gasteiger partial charge on any atom is -0.368 e. The van der Waals surface area contributed by atoms with Crippen molar-refractivity contribution in [2.75, 3.05) is 50.5 Å². The molecule has 4 rings (SSSR count). The third-order valence-electron chi connectivity index (χ3n) is 5.97. The number of nitrogens with one attached hydrogen (secondary N) is 2. The van der Waals surface area contributed by atoms with Gasteiger partial charge in [0.2, 0.25) is 6.35 Å². The molecular formula is C22H27FN6O3. The first kappa shape index (κ1) is 22.0. The number of hydrogen-bond donors (Lipinski definition) is 3. The van der Waals surface area contributed by atoms with Gasteiger partial charge in [0.25, 0.3) is 11.8 Å². The summed E-state index contributed by atoms with van der Waals surface area (Å²) in [5, 5.41) is 15.3. The van der Waals surface area contributed by atoms with Crippen LogP contribution >= 0.6 is 0 Å². The molecule has 2 aliphatic heterocycles. The molecule has 1 aromatic carbocycles. The molecular weight excluding hydrogens is 415 g/mol. The zero-order valence-electron chi connectivity index (χ0n) is 18.4. The van der Waals surface area contributed by atoms with E-state index in [1.54, 1.807) is 19.2 Å². The maximum atomic E-state index is 14.6. The zero-order valence-corrected chi connectivity index (χ0v) is 18.4. The lowest BCUT2D eigenvalue weighted by molar-refractivity contribution is 0.0297. The van der Waals surface area contributed by atoms with Crippen LogP contribution < -0.4 is 15.5 Å². The Hall–Kier alpha value is -3.24. The van der Waals surface area contributed by atoms with E-state index in [0.717, 1.165) is 48.0 Å². The summed E-state index contributed by atoms with van der Waals surface area (Å²) in [4.78, 5) is 33.9. The molecule has 0 saturated carbocycles. The second-order valence-electron chi connectivity index (χ2n) is 8.08. The van der Waals surface area contributed by atoms with Crippen LogP contribution in [0, 0.1) is 12.7 Å². The summed E-state index contributed by atoms with van der Waals surface area (Å²) < 4.78 is 14.6. The number of carbonyl (C=O) groups is 2. The van der Waals surface area contributed by atoms with Gasteiger partial charge in [0.1, 0.15) is 11.5 Å². The molecule has 2 amide bonds. The van der Waals surface area contributed by atoms with E-state index in [-0.39, 0.29) is 11.5 Å². The van der Waals surface area contributed by atoms with Gasteiger partial charge in [0, 0.05) is 46.8 Å². The number of aryl methyl sites for hydroxylation is 1. The highest BCUT2D eigenvalue weighted by molar-refractivity contribution is 6.01. The summed E-state index contributed by atoms with van der Waals surface area (Å²) in [6.07, 6.45) is -1.18. The number of amides is 2. The van der Waals surface area contributed by atoms with Gasteiger partial charge >= 0.3 is 0 Å². The molecule has 1 aromatic heterocycles. The molecule has 0 bridgehead atoms. The summed E-state index contributed by atoms with van der Waals surface area (Å²) in [6.45, 7) is 5.52. The van der Waals surface area contributed by atoms with Crippen LogP contribution in [0.2, 0.25) is 0 Å². The standard InChI is InChI=1S/C22H27FN6O3/c1-13-18(5-4-16(25-13)20(30)24-2)29-8-6-28(7-9-29)12-14-10-15(23)19-17(11-14)26-22(32)27(3)21(19)31/h4-5,10-11,22,26,32H,6-9,12H2,1-3H3,(H,24,30). The smallest absolute Gasteiger partial charge is 0.269 e. The minimum atomic E-state index is -1.18. The first-order chi connectivity index (χ1) is 15.3. The van der Waals surface area contributed by atoms with E-state index in [4.69, 9.17) is 0 Å². The number of halogens is 1. The van der Waals surface area contributed by atoms with Crippen LogP contribution in [0.25, 0.3) is 0 Å². The number of carbonyl (C=O) groups excluding carboxylic acids is 2. The minimum absolute atomic E-state index is 0.0467. The fourth-order valence-electron chi connectivity index (χ4n) is 4.16. The van der Waals surface area contributed by atoms with Crippen LogP contribution in [0.1, 0.15) is 32.1 Å². The molecule has 0 aliphatic carbocycles. The van der Waals surface area contributed by atoms with Crippen LogP contribution in [0.15, 0.2) is 24.3 Å². The van der Waals surface area contributed by atoms with Crippen LogP contribution in [-0.2, 0) is 6.54 Å².